The Kier molecular flexibility index (Phi) is 3.53. The van der Waals surface area contributed by atoms with Crippen LogP contribution in [0.3, 0.4) is 0 Å². The third kappa shape index (κ3) is 2.58. The standard InChI is InChI=1S/C15H18N2O2S/c1-10-3-2-6-17(8-10)15-16-13(9-20-15)12-5-4-11(18)7-14(12)19/h4-5,7,9-10,18-19H,2-3,6,8H2,1H3/t10-/m1/s1. The Morgan fingerprint density at radius 1 is 1.35 bits per heavy atom. The lowest BCUT2D eigenvalue weighted by atomic mass is 10.0. The minimum absolute atomic E-state index is 0.0616. The molecule has 0 saturated carbocycles. The molecule has 5 heteroatoms. The van der Waals surface area contributed by atoms with Crippen molar-refractivity contribution in [1.82, 2.24) is 4.98 Å². The van der Waals surface area contributed by atoms with E-state index in [1.807, 2.05) is 5.38 Å². The number of piperidine rings is 1. The first-order valence-corrected chi connectivity index (χ1v) is 7.74. The molecule has 2 N–H and O–H groups in total. The zero-order chi connectivity index (χ0) is 14.1. The van der Waals surface area contributed by atoms with Crippen LogP contribution in [0.15, 0.2) is 23.6 Å². The minimum Gasteiger partial charge on any atom is -0.508 e. The molecule has 2 heterocycles. The zero-order valence-corrected chi connectivity index (χ0v) is 12.2. The Bertz CT molecular complexity index is 612. The first-order valence-electron chi connectivity index (χ1n) is 6.86. The van der Waals surface area contributed by atoms with Crippen molar-refractivity contribution in [2.24, 2.45) is 5.92 Å². The predicted octanol–water partition coefficient (Wildman–Crippen LogP) is 3.46. The van der Waals surface area contributed by atoms with Gasteiger partial charge in [0.1, 0.15) is 11.5 Å². The van der Waals surface area contributed by atoms with E-state index in [1.54, 1.807) is 23.5 Å². The lowest BCUT2D eigenvalue weighted by molar-refractivity contribution is 0.446. The van der Waals surface area contributed by atoms with Gasteiger partial charge in [-0.05, 0) is 30.9 Å². The lowest BCUT2D eigenvalue weighted by Crippen LogP contribution is -2.34. The van der Waals surface area contributed by atoms with Gasteiger partial charge in [0.05, 0.1) is 5.69 Å². The Hall–Kier alpha value is -1.75. The molecular formula is C15H18N2O2S. The molecule has 20 heavy (non-hydrogen) atoms. The van der Waals surface area contributed by atoms with Crippen molar-refractivity contribution >= 4 is 16.5 Å². The molecule has 1 aliphatic rings. The third-order valence-electron chi connectivity index (χ3n) is 3.68. The summed E-state index contributed by atoms with van der Waals surface area (Å²) in [5.74, 6) is 0.832. The largest absolute Gasteiger partial charge is 0.508 e. The van der Waals surface area contributed by atoms with E-state index in [0.29, 0.717) is 11.5 Å². The Balaban J connectivity index is 1.86. The summed E-state index contributed by atoms with van der Waals surface area (Å²) in [6.07, 6.45) is 2.49. The molecule has 1 aromatic carbocycles. The second kappa shape index (κ2) is 5.32. The monoisotopic (exact) mass is 290 g/mol. The van der Waals surface area contributed by atoms with Crippen LogP contribution < -0.4 is 4.90 Å². The SMILES string of the molecule is C[C@@H]1CCCN(c2nc(-c3ccc(O)cc3O)cs2)C1. The van der Waals surface area contributed by atoms with Crippen LogP contribution in [0.4, 0.5) is 5.13 Å². The second-order valence-electron chi connectivity index (χ2n) is 5.41. The van der Waals surface area contributed by atoms with Gasteiger partial charge < -0.3 is 15.1 Å². The van der Waals surface area contributed by atoms with Gasteiger partial charge in [0.2, 0.25) is 0 Å². The van der Waals surface area contributed by atoms with Crippen molar-refractivity contribution in [1.29, 1.82) is 0 Å². The molecule has 0 amide bonds. The number of rotatable bonds is 2. The molecule has 3 rings (SSSR count). The molecule has 2 aromatic rings. The van der Waals surface area contributed by atoms with Crippen molar-refractivity contribution in [2.75, 3.05) is 18.0 Å². The number of hydrogen-bond donors (Lipinski definition) is 2. The lowest BCUT2D eigenvalue weighted by Gasteiger charge is -2.30. The maximum absolute atomic E-state index is 9.90. The molecule has 1 atom stereocenters. The third-order valence-corrected chi connectivity index (χ3v) is 4.58. The maximum Gasteiger partial charge on any atom is 0.185 e. The van der Waals surface area contributed by atoms with Crippen LogP contribution in [0.1, 0.15) is 19.8 Å². The molecule has 0 bridgehead atoms. The number of nitrogens with zero attached hydrogens (tertiary/aromatic N) is 2. The predicted molar refractivity (Wildman–Crippen MR) is 81.5 cm³/mol. The molecule has 1 fully saturated rings. The number of hydrogen-bond acceptors (Lipinski definition) is 5. The van der Waals surface area contributed by atoms with E-state index in [2.05, 4.69) is 16.8 Å². The highest BCUT2D eigenvalue weighted by Gasteiger charge is 2.19. The second-order valence-corrected chi connectivity index (χ2v) is 6.25. The molecule has 4 nitrogen and oxygen atoms in total. The van der Waals surface area contributed by atoms with E-state index in [1.165, 1.54) is 18.9 Å². The zero-order valence-electron chi connectivity index (χ0n) is 11.4. The number of aromatic hydroxyl groups is 2. The number of anilines is 1. The van der Waals surface area contributed by atoms with Crippen molar-refractivity contribution in [3.05, 3.63) is 23.6 Å². The van der Waals surface area contributed by atoms with Crippen molar-refractivity contribution in [2.45, 2.75) is 19.8 Å². The summed E-state index contributed by atoms with van der Waals surface area (Å²) >= 11 is 1.61. The molecule has 1 aromatic heterocycles. The molecule has 1 aliphatic heterocycles. The molecule has 0 unspecified atom stereocenters. The van der Waals surface area contributed by atoms with E-state index in [4.69, 9.17) is 0 Å². The number of phenols is 2. The van der Waals surface area contributed by atoms with Crippen LogP contribution in [0.5, 0.6) is 11.5 Å². The van der Waals surface area contributed by atoms with Gasteiger partial charge in [0, 0.05) is 30.1 Å². The molecule has 0 aliphatic carbocycles. The normalized spacial score (nSPS) is 19.2. The van der Waals surface area contributed by atoms with E-state index < -0.39 is 0 Å². The molecule has 106 valence electrons. The Morgan fingerprint density at radius 3 is 2.95 bits per heavy atom. The van der Waals surface area contributed by atoms with Gasteiger partial charge in [-0.15, -0.1) is 11.3 Å². The van der Waals surface area contributed by atoms with Gasteiger partial charge in [-0.2, -0.15) is 0 Å². The van der Waals surface area contributed by atoms with Gasteiger partial charge in [0.25, 0.3) is 0 Å². The quantitative estimate of drug-likeness (QED) is 0.889. The van der Waals surface area contributed by atoms with Crippen LogP contribution in [-0.4, -0.2) is 28.3 Å². The first kappa shape index (κ1) is 13.2. The van der Waals surface area contributed by atoms with Crippen LogP contribution in [0.25, 0.3) is 11.3 Å². The smallest absolute Gasteiger partial charge is 0.185 e. The highest BCUT2D eigenvalue weighted by molar-refractivity contribution is 7.14. The fourth-order valence-corrected chi connectivity index (χ4v) is 3.50. The van der Waals surface area contributed by atoms with Crippen molar-refractivity contribution in [3.8, 4) is 22.8 Å². The summed E-state index contributed by atoms with van der Waals surface area (Å²) < 4.78 is 0. The van der Waals surface area contributed by atoms with Gasteiger partial charge >= 0.3 is 0 Å². The summed E-state index contributed by atoms with van der Waals surface area (Å²) in [6, 6.07) is 4.61. The fourth-order valence-electron chi connectivity index (χ4n) is 2.63. The molecule has 1 saturated heterocycles. The van der Waals surface area contributed by atoms with Crippen molar-refractivity contribution < 1.29 is 10.2 Å². The van der Waals surface area contributed by atoms with Gasteiger partial charge in [-0.1, -0.05) is 6.92 Å². The Morgan fingerprint density at radius 2 is 2.20 bits per heavy atom. The maximum atomic E-state index is 9.90. The van der Waals surface area contributed by atoms with E-state index >= 15 is 0 Å². The topological polar surface area (TPSA) is 56.6 Å². The van der Waals surface area contributed by atoms with Gasteiger partial charge in [-0.3, -0.25) is 0 Å². The fraction of sp³-hybridized carbons (Fsp3) is 0.400. The molecule has 0 radical (unpaired) electrons. The van der Waals surface area contributed by atoms with Gasteiger partial charge in [0.15, 0.2) is 5.13 Å². The number of phenolic OH excluding ortho intramolecular Hbond substituents is 2. The van der Waals surface area contributed by atoms with Gasteiger partial charge in [-0.25, -0.2) is 4.98 Å². The highest BCUT2D eigenvalue weighted by atomic mass is 32.1. The molecule has 0 spiro atoms. The van der Waals surface area contributed by atoms with Crippen LogP contribution in [0, 0.1) is 5.92 Å². The van der Waals surface area contributed by atoms with Crippen LogP contribution in [0.2, 0.25) is 0 Å². The Labute approximate surface area is 122 Å². The average Bonchev–Trinajstić information content (AvgIpc) is 2.88. The minimum atomic E-state index is 0.0616. The summed E-state index contributed by atoms with van der Waals surface area (Å²) in [5, 5.41) is 22.2. The van der Waals surface area contributed by atoms with Crippen LogP contribution in [-0.2, 0) is 0 Å². The number of aromatic nitrogens is 1. The number of benzene rings is 1. The first-order chi connectivity index (χ1) is 9.63. The summed E-state index contributed by atoms with van der Waals surface area (Å²) in [5.41, 5.74) is 1.43. The van der Waals surface area contributed by atoms with E-state index in [0.717, 1.165) is 23.9 Å². The van der Waals surface area contributed by atoms with E-state index in [9.17, 15) is 10.2 Å². The summed E-state index contributed by atoms with van der Waals surface area (Å²) in [6.45, 7) is 4.37. The number of thiazole rings is 1. The highest BCUT2D eigenvalue weighted by Crippen LogP contribution is 2.35. The summed E-state index contributed by atoms with van der Waals surface area (Å²) in [4.78, 5) is 6.95. The molecular weight excluding hydrogens is 272 g/mol. The van der Waals surface area contributed by atoms with Crippen molar-refractivity contribution in [3.63, 3.8) is 0 Å². The van der Waals surface area contributed by atoms with Crippen LogP contribution >= 0.6 is 11.3 Å². The van der Waals surface area contributed by atoms with E-state index in [-0.39, 0.29) is 11.5 Å². The summed E-state index contributed by atoms with van der Waals surface area (Å²) in [7, 11) is 0. The average molecular weight is 290 g/mol.